The summed E-state index contributed by atoms with van der Waals surface area (Å²) in [4.78, 5) is 97.0. The van der Waals surface area contributed by atoms with Crippen LogP contribution < -0.4 is 0 Å². The fraction of sp³-hybridized carbons (Fsp3) is 0.667. The van der Waals surface area contributed by atoms with E-state index in [2.05, 4.69) is 0 Å². The first-order valence-corrected chi connectivity index (χ1v) is 19.3. The maximum atomic E-state index is 16.7. The van der Waals surface area contributed by atoms with Crippen LogP contribution in [0.25, 0.3) is 0 Å². The van der Waals surface area contributed by atoms with Crippen molar-refractivity contribution in [3.05, 3.63) is 35.5 Å². The molecule has 0 spiro atoms. The minimum Gasteiger partial charge on any atom is -0.475 e. The van der Waals surface area contributed by atoms with Gasteiger partial charge in [0.25, 0.3) is 0 Å². The first-order valence-electron chi connectivity index (χ1n) is 19.3. The van der Waals surface area contributed by atoms with Crippen molar-refractivity contribution in [1.82, 2.24) is 0 Å². The molecular weight excluding hydrogens is 702 g/mol. The van der Waals surface area contributed by atoms with Gasteiger partial charge in [0.05, 0.1) is 0 Å². The lowest BCUT2D eigenvalue weighted by Gasteiger charge is -2.59. The average Bonchev–Trinajstić information content (AvgIpc) is 3.61. The van der Waals surface area contributed by atoms with Crippen LogP contribution in [0.15, 0.2) is 35.5 Å². The number of Topliss-reactive ketones (excluding diaryl/α,β-unsaturated/α-hetero) is 4. The van der Waals surface area contributed by atoms with Crippen LogP contribution in [0.1, 0.15) is 98.3 Å². The number of carbonyl (C=O) groups excluding carboxylic acids is 6. The summed E-state index contributed by atoms with van der Waals surface area (Å²) < 4.78 is 31.7. The molecule has 8 aliphatic rings. The molecule has 2 N–H and O–H groups in total. The van der Waals surface area contributed by atoms with E-state index in [4.69, 9.17) is 10.2 Å². The second kappa shape index (κ2) is 12.5. The molecule has 8 aliphatic carbocycles. The van der Waals surface area contributed by atoms with Gasteiger partial charge in [0.2, 0.25) is 11.6 Å². The highest BCUT2D eigenvalue weighted by Gasteiger charge is 2.72. The van der Waals surface area contributed by atoms with Crippen molar-refractivity contribution < 1.29 is 57.4 Å². The molecule has 290 valence electrons. The Balaban J connectivity index is 0.000000167. The maximum Gasteiger partial charge on any atom is 0.372 e. The minimum atomic E-state index is -2.04. The molecule has 0 heterocycles. The van der Waals surface area contributed by atoms with Crippen LogP contribution in [0.3, 0.4) is 0 Å². The summed E-state index contributed by atoms with van der Waals surface area (Å²) in [5, 5.41) is 18.3. The monoisotopic (exact) mass is 750 g/mol. The molecular formula is C42H48F2O10. The Bertz CT molecular complexity index is 1890. The van der Waals surface area contributed by atoms with Gasteiger partial charge < -0.3 is 10.2 Å². The molecule has 0 aromatic rings. The smallest absolute Gasteiger partial charge is 0.372 e. The zero-order valence-corrected chi connectivity index (χ0v) is 31.1. The van der Waals surface area contributed by atoms with Crippen LogP contribution in [0, 0.1) is 63.1 Å². The van der Waals surface area contributed by atoms with Crippen LogP contribution in [-0.2, 0) is 38.4 Å². The molecule has 10 nitrogen and oxygen atoms in total. The molecule has 2 unspecified atom stereocenters. The second-order valence-corrected chi connectivity index (χ2v) is 18.4. The van der Waals surface area contributed by atoms with E-state index in [1.165, 1.54) is 18.2 Å². The van der Waals surface area contributed by atoms with E-state index in [9.17, 15) is 38.4 Å². The molecule has 0 radical (unpaired) electrons. The zero-order valence-electron chi connectivity index (χ0n) is 31.1. The number of carbonyl (C=O) groups is 8. The van der Waals surface area contributed by atoms with Gasteiger partial charge in [-0.3, -0.25) is 28.8 Å². The van der Waals surface area contributed by atoms with Crippen LogP contribution >= 0.6 is 0 Å². The lowest BCUT2D eigenvalue weighted by atomic mass is 9.44. The molecule has 0 aliphatic heterocycles. The van der Waals surface area contributed by atoms with Crippen molar-refractivity contribution >= 4 is 46.6 Å². The number of fused-ring (bicyclic) bond motifs is 10. The van der Waals surface area contributed by atoms with Crippen LogP contribution in [-0.4, -0.2) is 68.7 Å². The highest BCUT2D eigenvalue weighted by molar-refractivity contribution is 6.34. The third-order valence-electron chi connectivity index (χ3n) is 16.1. The highest BCUT2D eigenvalue weighted by Crippen LogP contribution is 2.69. The summed E-state index contributed by atoms with van der Waals surface area (Å²) in [6.07, 6.45) is 8.42. The van der Waals surface area contributed by atoms with Crippen molar-refractivity contribution in [3.8, 4) is 0 Å². The molecule has 12 heteroatoms. The van der Waals surface area contributed by atoms with Crippen molar-refractivity contribution in [3.63, 3.8) is 0 Å². The summed E-state index contributed by atoms with van der Waals surface area (Å²) in [6.45, 7) is 7.21. The number of hydrogen-bond donors (Lipinski definition) is 2. The summed E-state index contributed by atoms with van der Waals surface area (Å²) in [7, 11) is 0. The maximum absolute atomic E-state index is 16.7. The largest absolute Gasteiger partial charge is 0.475 e. The van der Waals surface area contributed by atoms with Gasteiger partial charge in [-0.05, 0) is 104 Å². The Morgan fingerprint density at radius 2 is 1.35 bits per heavy atom. The van der Waals surface area contributed by atoms with Gasteiger partial charge in [-0.1, -0.05) is 39.3 Å². The Kier molecular flexibility index (Phi) is 8.89. The first kappa shape index (κ1) is 38.3. The number of hydrogen-bond acceptors (Lipinski definition) is 8. The van der Waals surface area contributed by atoms with Crippen molar-refractivity contribution in [1.29, 1.82) is 0 Å². The average molecular weight is 751 g/mol. The number of ketones is 6. The SMILES string of the molecule is C[C@]12CC(=O)[C@@]3(F)C(CCC4=CC(=O)CC[C@@]43C)C1CC[C@@H]2C(=O)C(=O)O.C[C@]12CC(=O)[C@H]3[C@@H](C[C@H](F)C4=CC(=O)C=C[C@@]43C)[C@@H]1CC[C@@H]2C(=O)C(=O)O. The van der Waals surface area contributed by atoms with Gasteiger partial charge in [0.1, 0.15) is 12.0 Å². The minimum absolute atomic E-state index is 0.00870. The third kappa shape index (κ3) is 5.12. The highest BCUT2D eigenvalue weighted by atomic mass is 19.1. The molecule has 6 fully saturated rings. The molecule has 0 saturated heterocycles. The molecule has 8 rings (SSSR count). The number of carboxylic acids is 2. The zero-order chi connectivity index (χ0) is 39.5. The predicted molar refractivity (Wildman–Crippen MR) is 187 cm³/mol. The van der Waals surface area contributed by atoms with Gasteiger partial charge in [-0.15, -0.1) is 0 Å². The van der Waals surface area contributed by atoms with Gasteiger partial charge in [-0.25, -0.2) is 18.4 Å². The van der Waals surface area contributed by atoms with E-state index in [-0.39, 0.29) is 60.8 Å². The van der Waals surface area contributed by atoms with E-state index in [0.717, 1.165) is 5.57 Å². The molecule has 0 aromatic carbocycles. The number of rotatable bonds is 4. The summed E-state index contributed by atoms with van der Waals surface area (Å²) in [5.41, 5.74) is -4.26. The fourth-order valence-corrected chi connectivity index (χ4v) is 13.5. The van der Waals surface area contributed by atoms with E-state index < -0.39 is 86.5 Å². The standard InChI is InChI=1S/C21H23FO5.C21H25FO5/c1-20-6-5-10(23)7-14(20)15(22)8-11-12-3-4-13(18(25)19(26)27)21(12,2)9-16(24)17(11)20;1-19-10-16(24)21(22)14(13(19)5-6-15(19)17(25)18(26)27)4-3-11-9-12(23)7-8-20(11,21)2/h5-7,11-13,15,17H,3-4,8-9H2,1-2H3,(H,26,27);9,13-15H,3-8,10H2,1-2H3,(H,26,27)/t11-,12-,13+,15-,17+,20-,21-;13?,14?,15-,19+,20+,21+/m01/s1. The van der Waals surface area contributed by atoms with E-state index in [1.807, 2.05) is 13.8 Å². The molecule has 6 saturated carbocycles. The number of halogens is 2. The fourth-order valence-electron chi connectivity index (χ4n) is 13.5. The Hall–Kier alpha value is -3.96. The quantitative estimate of drug-likeness (QED) is 0.337. The Morgan fingerprint density at radius 3 is 1.96 bits per heavy atom. The van der Waals surface area contributed by atoms with E-state index in [0.29, 0.717) is 50.5 Å². The summed E-state index contributed by atoms with van der Waals surface area (Å²) in [6, 6.07) is 0. The molecule has 0 amide bonds. The number of alkyl halides is 2. The Labute approximate surface area is 312 Å². The van der Waals surface area contributed by atoms with Crippen LogP contribution in [0.2, 0.25) is 0 Å². The number of aliphatic carboxylic acids is 2. The molecule has 0 bridgehead atoms. The number of carboxylic acid groups (broad SMARTS) is 2. The lowest BCUT2D eigenvalue weighted by molar-refractivity contribution is -0.175. The normalized spacial score (nSPS) is 45.9. The van der Waals surface area contributed by atoms with Crippen LogP contribution in [0.5, 0.6) is 0 Å². The van der Waals surface area contributed by atoms with Gasteiger partial charge in [0, 0.05) is 53.8 Å². The van der Waals surface area contributed by atoms with Crippen molar-refractivity contribution in [2.24, 2.45) is 63.1 Å². The first-order chi connectivity index (χ1) is 25.1. The molecule has 0 aromatic heterocycles. The second-order valence-electron chi connectivity index (χ2n) is 18.4. The third-order valence-corrected chi connectivity index (χ3v) is 16.1. The summed E-state index contributed by atoms with van der Waals surface area (Å²) >= 11 is 0. The molecule has 13 atom stereocenters. The van der Waals surface area contributed by atoms with Crippen molar-refractivity contribution in [2.45, 2.75) is 110 Å². The predicted octanol–water partition coefficient (Wildman–Crippen LogP) is 5.75. The lowest BCUT2D eigenvalue weighted by Crippen LogP contribution is -2.65. The topological polar surface area (TPSA) is 177 Å². The van der Waals surface area contributed by atoms with E-state index in [1.54, 1.807) is 19.9 Å². The Morgan fingerprint density at radius 1 is 0.759 bits per heavy atom. The van der Waals surface area contributed by atoms with Gasteiger partial charge in [0.15, 0.2) is 23.0 Å². The van der Waals surface area contributed by atoms with Crippen LogP contribution in [0.4, 0.5) is 8.78 Å². The van der Waals surface area contributed by atoms with Gasteiger partial charge in [-0.2, -0.15) is 0 Å². The summed E-state index contributed by atoms with van der Waals surface area (Å²) in [5.74, 6) is -8.37. The van der Waals surface area contributed by atoms with Crippen molar-refractivity contribution in [2.75, 3.05) is 0 Å². The van der Waals surface area contributed by atoms with Gasteiger partial charge >= 0.3 is 11.9 Å². The molecule has 54 heavy (non-hydrogen) atoms. The van der Waals surface area contributed by atoms with E-state index >= 15 is 8.78 Å². The number of allylic oxidation sites excluding steroid dienone is 5.